The molecule has 0 aliphatic carbocycles. The van der Waals surface area contributed by atoms with Crippen LogP contribution in [0.25, 0.3) is 10.9 Å². The number of rotatable bonds is 2. The number of benzene rings is 1. The van der Waals surface area contributed by atoms with Crippen LogP contribution >= 0.6 is 0 Å². The summed E-state index contributed by atoms with van der Waals surface area (Å²) in [7, 11) is 0. The quantitative estimate of drug-likeness (QED) is 0.875. The molecule has 94 valence electrons. The summed E-state index contributed by atoms with van der Waals surface area (Å²) in [6, 6.07) is 6.02. The molecule has 2 rings (SSSR count). The molecule has 1 heterocycles. The van der Waals surface area contributed by atoms with Crippen molar-refractivity contribution in [3.63, 3.8) is 0 Å². The summed E-state index contributed by atoms with van der Waals surface area (Å²) in [5, 5.41) is 10.3. The van der Waals surface area contributed by atoms with Crippen molar-refractivity contribution in [2.75, 3.05) is 0 Å². The summed E-state index contributed by atoms with van der Waals surface area (Å²) in [5.74, 6) is -0.638. The molecule has 0 saturated carbocycles. The smallest absolute Gasteiger partial charge is 0.354 e. The molecule has 0 aliphatic heterocycles. The number of carbonyl (C=O) groups is 1. The van der Waals surface area contributed by atoms with Crippen LogP contribution in [0.3, 0.4) is 0 Å². The molecule has 0 radical (unpaired) electrons. The second-order valence-corrected chi connectivity index (χ2v) is 4.91. The van der Waals surface area contributed by atoms with Crippen molar-refractivity contribution in [3.8, 4) is 0 Å². The van der Waals surface area contributed by atoms with Gasteiger partial charge in [0.05, 0.1) is 5.52 Å². The first kappa shape index (κ1) is 12.6. The van der Waals surface area contributed by atoms with Crippen molar-refractivity contribution in [2.45, 2.75) is 33.6 Å². The lowest BCUT2D eigenvalue weighted by atomic mass is 9.95. The molecule has 3 heteroatoms. The van der Waals surface area contributed by atoms with Crippen molar-refractivity contribution < 1.29 is 9.90 Å². The second kappa shape index (κ2) is 4.41. The molecule has 0 spiro atoms. The lowest BCUT2D eigenvalue weighted by molar-refractivity contribution is 0.0690. The van der Waals surface area contributed by atoms with E-state index in [0.717, 1.165) is 27.6 Å². The standard InChI is InChI=1S/C15H17NO2/c1-8(2)11-6-5-7-12-9(3)10(4)13(15(17)18)16-14(11)12/h5-8H,1-4H3,(H,17,18). The number of carboxylic acid groups (broad SMARTS) is 1. The number of fused-ring (bicyclic) bond motifs is 1. The van der Waals surface area contributed by atoms with Crippen LogP contribution < -0.4 is 0 Å². The Hall–Kier alpha value is -1.90. The van der Waals surface area contributed by atoms with Gasteiger partial charge in [0.2, 0.25) is 0 Å². The molecule has 0 aliphatic rings. The highest BCUT2D eigenvalue weighted by Gasteiger charge is 2.16. The Kier molecular flexibility index (Phi) is 3.07. The molecule has 3 nitrogen and oxygen atoms in total. The van der Waals surface area contributed by atoms with Gasteiger partial charge in [0.1, 0.15) is 0 Å². The molecule has 0 fully saturated rings. The first-order valence-corrected chi connectivity index (χ1v) is 6.06. The molecule has 0 amide bonds. The minimum Gasteiger partial charge on any atom is -0.477 e. The number of nitrogens with zero attached hydrogens (tertiary/aromatic N) is 1. The predicted molar refractivity (Wildman–Crippen MR) is 72.3 cm³/mol. The Bertz CT molecular complexity index is 630. The summed E-state index contributed by atoms with van der Waals surface area (Å²) < 4.78 is 0. The van der Waals surface area contributed by atoms with E-state index in [1.807, 2.05) is 32.0 Å². The van der Waals surface area contributed by atoms with Crippen LogP contribution in [0.4, 0.5) is 0 Å². The van der Waals surface area contributed by atoms with Crippen LogP contribution in [-0.2, 0) is 0 Å². The van der Waals surface area contributed by atoms with Crippen molar-refractivity contribution in [1.29, 1.82) is 0 Å². The fourth-order valence-corrected chi connectivity index (χ4v) is 2.24. The Morgan fingerprint density at radius 1 is 1.22 bits per heavy atom. The van der Waals surface area contributed by atoms with Crippen LogP contribution in [-0.4, -0.2) is 16.1 Å². The zero-order chi connectivity index (χ0) is 13.4. The molecular weight excluding hydrogens is 226 g/mol. The molecule has 18 heavy (non-hydrogen) atoms. The largest absolute Gasteiger partial charge is 0.477 e. The first-order chi connectivity index (χ1) is 8.43. The molecule has 1 aromatic carbocycles. The second-order valence-electron chi connectivity index (χ2n) is 4.91. The highest BCUT2D eigenvalue weighted by molar-refractivity contribution is 5.94. The highest BCUT2D eigenvalue weighted by atomic mass is 16.4. The van der Waals surface area contributed by atoms with Crippen molar-refractivity contribution in [2.24, 2.45) is 0 Å². The minimum absolute atomic E-state index is 0.160. The molecule has 0 atom stereocenters. The van der Waals surface area contributed by atoms with E-state index in [2.05, 4.69) is 18.8 Å². The molecule has 1 N–H and O–H groups in total. The Morgan fingerprint density at radius 3 is 2.44 bits per heavy atom. The number of hydrogen-bond donors (Lipinski definition) is 1. The fourth-order valence-electron chi connectivity index (χ4n) is 2.24. The van der Waals surface area contributed by atoms with Gasteiger partial charge in [0, 0.05) is 5.39 Å². The van der Waals surface area contributed by atoms with Crippen molar-refractivity contribution in [1.82, 2.24) is 4.98 Å². The van der Waals surface area contributed by atoms with E-state index >= 15 is 0 Å². The van der Waals surface area contributed by atoms with E-state index < -0.39 is 5.97 Å². The Morgan fingerprint density at radius 2 is 1.89 bits per heavy atom. The molecule has 1 aromatic heterocycles. The number of aromatic nitrogens is 1. The average Bonchev–Trinajstić information content (AvgIpc) is 2.32. The normalized spacial score (nSPS) is 11.2. The number of hydrogen-bond acceptors (Lipinski definition) is 2. The van der Waals surface area contributed by atoms with E-state index in [1.54, 1.807) is 0 Å². The third-order valence-corrected chi connectivity index (χ3v) is 3.44. The lowest BCUT2D eigenvalue weighted by Crippen LogP contribution is -2.07. The molecule has 2 aromatic rings. The van der Waals surface area contributed by atoms with Gasteiger partial charge >= 0.3 is 5.97 Å². The summed E-state index contributed by atoms with van der Waals surface area (Å²) >= 11 is 0. The molecule has 0 unspecified atom stereocenters. The number of aromatic carboxylic acids is 1. The highest BCUT2D eigenvalue weighted by Crippen LogP contribution is 2.28. The lowest BCUT2D eigenvalue weighted by Gasteiger charge is -2.13. The maximum atomic E-state index is 11.2. The number of carboxylic acids is 1. The number of para-hydroxylation sites is 1. The van der Waals surface area contributed by atoms with Gasteiger partial charge in [-0.15, -0.1) is 0 Å². The maximum Gasteiger partial charge on any atom is 0.354 e. The summed E-state index contributed by atoms with van der Waals surface area (Å²) in [6.45, 7) is 7.95. The van der Waals surface area contributed by atoms with Gasteiger partial charge in [0.15, 0.2) is 5.69 Å². The fraction of sp³-hybridized carbons (Fsp3) is 0.333. The van der Waals surface area contributed by atoms with E-state index in [1.165, 1.54) is 0 Å². The monoisotopic (exact) mass is 243 g/mol. The van der Waals surface area contributed by atoms with Gasteiger partial charge in [-0.2, -0.15) is 0 Å². The first-order valence-electron chi connectivity index (χ1n) is 6.06. The van der Waals surface area contributed by atoms with E-state index in [4.69, 9.17) is 0 Å². The zero-order valence-electron chi connectivity index (χ0n) is 11.1. The topological polar surface area (TPSA) is 50.2 Å². The van der Waals surface area contributed by atoms with E-state index in [9.17, 15) is 9.90 Å². The van der Waals surface area contributed by atoms with Crippen molar-refractivity contribution in [3.05, 3.63) is 40.6 Å². The van der Waals surface area contributed by atoms with Gasteiger partial charge in [-0.1, -0.05) is 32.0 Å². The van der Waals surface area contributed by atoms with Crippen LogP contribution in [0.2, 0.25) is 0 Å². The van der Waals surface area contributed by atoms with Crippen molar-refractivity contribution >= 4 is 16.9 Å². The predicted octanol–water partition coefficient (Wildman–Crippen LogP) is 3.67. The van der Waals surface area contributed by atoms with E-state index in [-0.39, 0.29) is 5.69 Å². The third-order valence-electron chi connectivity index (χ3n) is 3.44. The van der Waals surface area contributed by atoms with Crippen LogP contribution in [0.5, 0.6) is 0 Å². The minimum atomic E-state index is -0.962. The Labute approximate surface area is 106 Å². The van der Waals surface area contributed by atoms with E-state index in [0.29, 0.717) is 5.92 Å². The molecule has 0 saturated heterocycles. The number of aryl methyl sites for hydroxylation is 1. The molecule has 0 bridgehead atoms. The van der Waals surface area contributed by atoms with Crippen LogP contribution in [0.15, 0.2) is 18.2 Å². The summed E-state index contributed by atoms with van der Waals surface area (Å²) in [5.41, 5.74) is 3.81. The van der Waals surface area contributed by atoms with Gasteiger partial charge < -0.3 is 5.11 Å². The van der Waals surface area contributed by atoms with Gasteiger partial charge in [-0.3, -0.25) is 0 Å². The SMILES string of the molecule is Cc1c(C(=O)O)nc2c(C(C)C)cccc2c1C. The van der Waals surface area contributed by atoms with Crippen LogP contribution in [0, 0.1) is 13.8 Å². The van der Waals surface area contributed by atoms with Crippen LogP contribution in [0.1, 0.15) is 46.9 Å². The summed E-state index contributed by atoms with van der Waals surface area (Å²) in [6.07, 6.45) is 0. The average molecular weight is 243 g/mol. The Balaban J connectivity index is 2.91. The maximum absolute atomic E-state index is 11.2. The summed E-state index contributed by atoms with van der Waals surface area (Å²) in [4.78, 5) is 15.6. The van der Waals surface area contributed by atoms with Gasteiger partial charge in [-0.05, 0) is 36.5 Å². The van der Waals surface area contributed by atoms with Gasteiger partial charge in [0.25, 0.3) is 0 Å². The number of pyridine rings is 1. The van der Waals surface area contributed by atoms with Gasteiger partial charge in [-0.25, -0.2) is 9.78 Å². The zero-order valence-corrected chi connectivity index (χ0v) is 11.1. The third kappa shape index (κ3) is 1.86. The molecular formula is C15H17NO2.